The van der Waals surface area contributed by atoms with Crippen LogP contribution in [-0.2, 0) is 13.1 Å². The van der Waals surface area contributed by atoms with Crippen molar-refractivity contribution in [3.63, 3.8) is 0 Å². The molecule has 0 aliphatic rings. The Bertz CT molecular complexity index is 676. The van der Waals surface area contributed by atoms with E-state index in [1.807, 2.05) is 30.3 Å². The molecular formula is C12H13N7O. The lowest BCUT2D eigenvalue weighted by Gasteiger charge is -2.04. The predicted octanol–water partition coefficient (Wildman–Crippen LogP) is 0.644. The van der Waals surface area contributed by atoms with Gasteiger partial charge in [-0.05, 0) is 29.5 Å². The molecule has 0 spiro atoms. The predicted molar refractivity (Wildman–Crippen MR) is 68.7 cm³/mol. The zero-order valence-corrected chi connectivity index (χ0v) is 10.9. The fourth-order valence-corrected chi connectivity index (χ4v) is 1.78. The van der Waals surface area contributed by atoms with E-state index in [4.69, 9.17) is 4.52 Å². The molecule has 0 saturated heterocycles. The summed E-state index contributed by atoms with van der Waals surface area (Å²) in [7, 11) is 0. The van der Waals surface area contributed by atoms with Crippen molar-refractivity contribution in [2.45, 2.75) is 20.0 Å². The SMILES string of the molecule is Cc1noc(CNCc2nnnn2-c2ccccc2)n1. The van der Waals surface area contributed by atoms with Gasteiger partial charge in [-0.1, -0.05) is 23.4 Å². The Balaban J connectivity index is 1.65. The smallest absolute Gasteiger partial charge is 0.240 e. The van der Waals surface area contributed by atoms with Crippen LogP contribution in [0, 0.1) is 6.92 Å². The highest BCUT2D eigenvalue weighted by atomic mass is 16.5. The Hall–Kier alpha value is -2.61. The molecule has 0 radical (unpaired) electrons. The maximum atomic E-state index is 5.02. The third-order valence-electron chi connectivity index (χ3n) is 2.66. The molecule has 8 heteroatoms. The molecule has 3 aromatic rings. The van der Waals surface area contributed by atoms with Gasteiger partial charge >= 0.3 is 0 Å². The molecule has 2 aromatic heterocycles. The third-order valence-corrected chi connectivity index (χ3v) is 2.66. The Kier molecular flexibility index (Phi) is 3.46. The molecular weight excluding hydrogens is 258 g/mol. The maximum absolute atomic E-state index is 5.02. The minimum Gasteiger partial charge on any atom is -0.338 e. The Morgan fingerprint density at radius 1 is 1.20 bits per heavy atom. The van der Waals surface area contributed by atoms with E-state index in [-0.39, 0.29) is 0 Å². The lowest BCUT2D eigenvalue weighted by molar-refractivity contribution is 0.363. The molecule has 1 N–H and O–H groups in total. The largest absolute Gasteiger partial charge is 0.338 e. The Morgan fingerprint density at radius 2 is 2.05 bits per heavy atom. The van der Waals surface area contributed by atoms with Crippen LogP contribution in [0.15, 0.2) is 34.9 Å². The van der Waals surface area contributed by atoms with Gasteiger partial charge in [0.15, 0.2) is 11.6 Å². The van der Waals surface area contributed by atoms with Gasteiger partial charge in [-0.3, -0.25) is 0 Å². The molecule has 2 heterocycles. The van der Waals surface area contributed by atoms with Gasteiger partial charge in [0, 0.05) is 0 Å². The van der Waals surface area contributed by atoms with E-state index >= 15 is 0 Å². The van der Waals surface area contributed by atoms with Crippen LogP contribution in [0.2, 0.25) is 0 Å². The molecule has 0 saturated carbocycles. The summed E-state index contributed by atoms with van der Waals surface area (Å²) in [5.41, 5.74) is 0.919. The molecule has 0 aliphatic heterocycles. The van der Waals surface area contributed by atoms with Gasteiger partial charge in [0.05, 0.1) is 18.8 Å². The van der Waals surface area contributed by atoms with Crippen molar-refractivity contribution in [1.82, 2.24) is 35.7 Å². The number of benzene rings is 1. The second kappa shape index (κ2) is 5.57. The number of nitrogens with zero attached hydrogens (tertiary/aromatic N) is 6. The first-order chi connectivity index (χ1) is 9.83. The normalized spacial score (nSPS) is 10.8. The summed E-state index contributed by atoms with van der Waals surface area (Å²) in [6.07, 6.45) is 0. The minimum absolute atomic E-state index is 0.475. The molecule has 20 heavy (non-hydrogen) atoms. The van der Waals surface area contributed by atoms with Crippen molar-refractivity contribution in [3.8, 4) is 5.69 Å². The Labute approximate surface area is 114 Å². The first-order valence-electron chi connectivity index (χ1n) is 6.15. The number of rotatable bonds is 5. The summed E-state index contributed by atoms with van der Waals surface area (Å²) in [5, 5.41) is 18.6. The number of aryl methyl sites for hydroxylation is 1. The van der Waals surface area contributed by atoms with Crippen molar-refractivity contribution in [2.75, 3.05) is 0 Å². The number of hydrogen-bond acceptors (Lipinski definition) is 7. The minimum atomic E-state index is 0.475. The van der Waals surface area contributed by atoms with Gasteiger partial charge in [-0.25, -0.2) is 0 Å². The molecule has 0 atom stereocenters. The van der Waals surface area contributed by atoms with E-state index in [1.165, 1.54) is 0 Å². The first-order valence-corrected chi connectivity index (χ1v) is 6.15. The van der Waals surface area contributed by atoms with E-state index in [0.717, 1.165) is 5.69 Å². The summed E-state index contributed by atoms with van der Waals surface area (Å²) in [6, 6.07) is 9.72. The fraction of sp³-hybridized carbons (Fsp3) is 0.250. The van der Waals surface area contributed by atoms with Gasteiger partial charge in [-0.15, -0.1) is 5.10 Å². The summed E-state index contributed by atoms with van der Waals surface area (Å²) in [5.74, 6) is 1.88. The van der Waals surface area contributed by atoms with Crippen molar-refractivity contribution >= 4 is 0 Å². The number of tetrazole rings is 1. The summed E-state index contributed by atoms with van der Waals surface area (Å²) in [6.45, 7) is 2.76. The highest BCUT2D eigenvalue weighted by molar-refractivity contribution is 5.30. The van der Waals surface area contributed by atoms with Crippen molar-refractivity contribution in [1.29, 1.82) is 0 Å². The second-order valence-corrected chi connectivity index (χ2v) is 4.18. The van der Waals surface area contributed by atoms with Crippen LogP contribution in [0.5, 0.6) is 0 Å². The fourth-order valence-electron chi connectivity index (χ4n) is 1.78. The van der Waals surface area contributed by atoms with E-state index in [1.54, 1.807) is 11.6 Å². The maximum Gasteiger partial charge on any atom is 0.240 e. The molecule has 3 rings (SSSR count). The molecule has 0 aliphatic carbocycles. The second-order valence-electron chi connectivity index (χ2n) is 4.18. The third kappa shape index (κ3) is 2.69. The average Bonchev–Trinajstić information content (AvgIpc) is 3.09. The summed E-state index contributed by atoms with van der Waals surface area (Å²) < 4.78 is 6.70. The lowest BCUT2D eigenvalue weighted by atomic mass is 10.3. The molecule has 102 valence electrons. The van der Waals surface area contributed by atoms with Crippen LogP contribution in [0.1, 0.15) is 17.5 Å². The molecule has 8 nitrogen and oxygen atoms in total. The van der Waals surface area contributed by atoms with Crippen LogP contribution in [0.4, 0.5) is 0 Å². The Morgan fingerprint density at radius 3 is 2.80 bits per heavy atom. The summed E-state index contributed by atoms with van der Waals surface area (Å²) >= 11 is 0. The molecule has 0 amide bonds. The van der Waals surface area contributed by atoms with E-state index in [9.17, 15) is 0 Å². The van der Waals surface area contributed by atoms with E-state index in [0.29, 0.717) is 30.6 Å². The summed E-state index contributed by atoms with van der Waals surface area (Å²) in [4.78, 5) is 4.11. The molecule has 1 aromatic carbocycles. The lowest BCUT2D eigenvalue weighted by Crippen LogP contribution is -2.17. The number of hydrogen-bond donors (Lipinski definition) is 1. The van der Waals surface area contributed by atoms with Gasteiger partial charge in [0.25, 0.3) is 0 Å². The van der Waals surface area contributed by atoms with Crippen molar-refractivity contribution in [3.05, 3.63) is 47.9 Å². The van der Waals surface area contributed by atoms with E-state index in [2.05, 4.69) is 31.0 Å². The van der Waals surface area contributed by atoms with Crippen LogP contribution in [0.3, 0.4) is 0 Å². The standard InChI is InChI=1S/C12H13N7O/c1-9-14-12(20-16-9)8-13-7-11-15-17-18-19(11)10-5-3-2-4-6-10/h2-6,13H,7-8H2,1H3. The average molecular weight is 271 g/mol. The number of nitrogens with one attached hydrogen (secondary N) is 1. The van der Waals surface area contributed by atoms with Gasteiger partial charge in [0.2, 0.25) is 5.89 Å². The zero-order chi connectivity index (χ0) is 13.8. The highest BCUT2D eigenvalue weighted by Crippen LogP contribution is 2.06. The van der Waals surface area contributed by atoms with Crippen molar-refractivity contribution in [2.24, 2.45) is 0 Å². The molecule has 0 bridgehead atoms. The quantitative estimate of drug-likeness (QED) is 0.727. The van der Waals surface area contributed by atoms with E-state index < -0.39 is 0 Å². The molecule has 0 unspecified atom stereocenters. The first kappa shape index (κ1) is 12.4. The number of aromatic nitrogens is 6. The van der Waals surface area contributed by atoms with Crippen LogP contribution < -0.4 is 5.32 Å². The van der Waals surface area contributed by atoms with Gasteiger partial charge < -0.3 is 9.84 Å². The van der Waals surface area contributed by atoms with Crippen LogP contribution in [-0.4, -0.2) is 30.3 Å². The highest BCUT2D eigenvalue weighted by Gasteiger charge is 2.08. The van der Waals surface area contributed by atoms with Gasteiger partial charge in [-0.2, -0.15) is 9.67 Å². The van der Waals surface area contributed by atoms with Crippen LogP contribution in [0.25, 0.3) is 5.69 Å². The van der Waals surface area contributed by atoms with Crippen molar-refractivity contribution < 1.29 is 4.52 Å². The number of para-hydroxylation sites is 1. The van der Waals surface area contributed by atoms with Gasteiger partial charge in [0.1, 0.15) is 0 Å². The monoisotopic (exact) mass is 271 g/mol. The molecule has 0 fully saturated rings. The zero-order valence-electron chi connectivity index (χ0n) is 10.9. The topological polar surface area (TPSA) is 94.5 Å². The van der Waals surface area contributed by atoms with Crippen LogP contribution >= 0.6 is 0 Å².